The third-order valence-electron chi connectivity index (χ3n) is 3.88. The number of halogens is 1. The number of amides is 1. The van der Waals surface area contributed by atoms with E-state index in [4.69, 9.17) is 0 Å². The zero-order chi connectivity index (χ0) is 19.1. The number of carbonyl (C=O) groups excluding carboxylic acids is 1. The summed E-state index contributed by atoms with van der Waals surface area (Å²) < 4.78 is 7.72. The molecule has 8 heteroatoms. The lowest BCUT2D eigenvalue weighted by molar-refractivity contribution is 0.187. The van der Waals surface area contributed by atoms with E-state index < -0.39 is 6.09 Å². The minimum absolute atomic E-state index is 0.481. The highest BCUT2D eigenvalue weighted by Crippen LogP contribution is 2.15. The fourth-order valence-electron chi connectivity index (χ4n) is 2.48. The highest BCUT2D eigenvalue weighted by atomic mass is 79.9. The first-order valence-corrected chi connectivity index (χ1v) is 8.88. The first kappa shape index (κ1) is 19.8. The van der Waals surface area contributed by atoms with Crippen molar-refractivity contribution in [3.63, 3.8) is 0 Å². The Hall–Kier alpha value is -2.48. The van der Waals surface area contributed by atoms with E-state index in [1.165, 1.54) is 12.8 Å². The molecule has 2 aromatic rings. The summed E-state index contributed by atoms with van der Waals surface area (Å²) in [5, 5.41) is 5.97. The molecule has 26 heavy (non-hydrogen) atoms. The zero-order valence-electron chi connectivity index (χ0n) is 15.4. The molecule has 1 aromatic heterocycles. The van der Waals surface area contributed by atoms with Gasteiger partial charge in [0.15, 0.2) is 5.96 Å². The van der Waals surface area contributed by atoms with E-state index >= 15 is 0 Å². The Morgan fingerprint density at radius 3 is 2.58 bits per heavy atom. The van der Waals surface area contributed by atoms with E-state index in [1.54, 1.807) is 7.05 Å². The summed E-state index contributed by atoms with van der Waals surface area (Å²) in [6.07, 6.45) is 1.55. The summed E-state index contributed by atoms with van der Waals surface area (Å²) in [5.41, 5.74) is 2.95. The van der Waals surface area contributed by atoms with Crippen molar-refractivity contribution in [3.05, 3.63) is 52.3 Å². The van der Waals surface area contributed by atoms with Gasteiger partial charge in [-0.25, -0.2) is 4.79 Å². The molecular formula is C18H24BrN5O2. The smallest absolute Gasteiger partial charge is 0.411 e. The highest BCUT2D eigenvalue weighted by molar-refractivity contribution is 9.10. The number of rotatable bonds is 5. The second-order valence-electron chi connectivity index (χ2n) is 5.83. The number of aromatic nitrogens is 1. The Kier molecular flexibility index (Phi) is 7.08. The van der Waals surface area contributed by atoms with Crippen LogP contribution in [0.25, 0.3) is 0 Å². The lowest BCUT2D eigenvalue weighted by Gasteiger charge is -2.22. The fraction of sp³-hybridized carbons (Fsp3) is 0.333. The van der Waals surface area contributed by atoms with Crippen LogP contribution in [-0.4, -0.2) is 42.7 Å². The SMILES string of the molecule is CN=C(NCc1ccc(NC(=O)OC)cc1)N(C)Cc1cc(Br)cn1C. The van der Waals surface area contributed by atoms with Crippen LogP contribution in [0.4, 0.5) is 10.5 Å². The van der Waals surface area contributed by atoms with Gasteiger partial charge in [-0.3, -0.25) is 10.3 Å². The standard InChI is InChI=1S/C18H24BrN5O2/c1-20-17(24(3)12-16-9-14(19)11-23(16)2)21-10-13-5-7-15(8-6-13)22-18(25)26-4/h5-9,11H,10,12H2,1-4H3,(H,20,21)(H,22,25). The van der Waals surface area contributed by atoms with Crippen molar-refractivity contribution in [1.82, 2.24) is 14.8 Å². The van der Waals surface area contributed by atoms with Gasteiger partial charge in [-0.15, -0.1) is 0 Å². The van der Waals surface area contributed by atoms with Crippen molar-refractivity contribution in [1.29, 1.82) is 0 Å². The summed E-state index contributed by atoms with van der Waals surface area (Å²) in [6.45, 7) is 1.37. The lowest BCUT2D eigenvalue weighted by Crippen LogP contribution is -2.38. The number of guanidine groups is 1. The molecule has 7 nitrogen and oxygen atoms in total. The summed E-state index contributed by atoms with van der Waals surface area (Å²) in [5.74, 6) is 0.805. The van der Waals surface area contributed by atoms with Crippen molar-refractivity contribution in [2.24, 2.45) is 12.0 Å². The summed E-state index contributed by atoms with van der Waals surface area (Å²) in [7, 11) is 7.13. The first-order valence-electron chi connectivity index (χ1n) is 8.09. The molecule has 0 fully saturated rings. The van der Waals surface area contributed by atoms with Gasteiger partial charge in [-0.05, 0) is 39.7 Å². The quantitative estimate of drug-likeness (QED) is 0.574. The Bertz CT molecular complexity index is 770. The molecule has 1 aromatic carbocycles. The molecule has 0 saturated heterocycles. The minimum Gasteiger partial charge on any atom is -0.453 e. The fourth-order valence-corrected chi connectivity index (χ4v) is 3.05. The number of aliphatic imine (C=N–C) groups is 1. The summed E-state index contributed by atoms with van der Waals surface area (Å²) in [4.78, 5) is 17.6. The maximum Gasteiger partial charge on any atom is 0.411 e. The summed E-state index contributed by atoms with van der Waals surface area (Å²) in [6, 6.07) is 9.65. The molecule has 0 atom stereocenters. The zero-order valence-corrected chi connectivity index (χ0v) is 17.0. The number of methoxy groups -OCH3 is 1. The molecule has 0 aliphatic carbocycles. The van der Waals surface area contributed by atoms with Crippen LogP contribution in [-0.2, 0) is 24.9 Å². The van der Waals surface area contributed by atoms with Crippen LogP contribution in [0.5, 0.6) is 0 Å². The molecule has 2 rings (SSSR count). The highest BCUT2D eigenvalue weighted by Gasteiger charge is 2.09. The monoisotopic (exact) mass is 421 g/mol. The van der Waals surface area contributed by atoms with Gasteiger partial charge in [0.05, 0.1) is 13.7 Å². The molecule has 0 aliphatic rings. The van der Waals surface area contributed by atoms with Crippen LogP contribution in [0.3, 0.4) is 0 Å². The van der Waals surface area contributed by atoms with Gasteiger partial charge >= 0.3 is 6.09 Å². The van der Waals surface area contributed by atoms with E-state index in [-0.39, 0.29) is 0 Å². The number of nitrogens with one attached hydrogen (secondary N) is 2. The number of hydrogen-bond acceptors (Lipinski definition) is 3. The van der Waals surface area contributed by atoms with Gasteiger partial charge in [0.1, 0.15) is 0 Å². The van der Waals surface area contributed by atoms with Crippen LogP contribution < -0.4 is 10.6 Å². The number of aryl methyl sites for hydroxylation is 1. The molecule has 0 saturated carbocycles. The molecule has 0 radical (unpaired) electrons. The van der Waals surface area contributed by atoms with Gasteiger partial charge < -0.3 is 19.5 Å². The number of hydrogen-bond donors (Lipinski definition) is 2. The van der Waals surface area contributed by atoms with Crippen LogP contribution in [0.15, 0.2) is 46.0 Å². The maximum atomic E-state index is 11.2. The third kappa shape index (κ3) is 5.52. The van der Waals surface area contributed by atoms with Crippen molar-refractivity contribution >= 4 is 33.7 Å². The van der Waals surface area contributed by atoms with Crippen molar-refractivity contribution < 1.29 is 9.53 Å². The molecule has 0 bridgehead atoms. The van der Waals surface area contributed by atoms with Gasteiger partial charge in [-0.1, -0.05) is 12.1 Å². The first-order chi connectivity index (χ1) is 12.4. The van der Waals surface area contributed by atoms with Gasteiger partial charge in [0, 0.05) is 49.7 Å². The Morgan fingerprint density at radius 2 is 2.04 bits per heavy atom. The Balaban J connectivity index is 1.91. The largest absolute Gasteiger partial charge is 0.453 e. The molecule has 1 heterocycles. The number of ether oxygens (including phenoxy) is 1. The van der Waals surface area contributed by atoms with Crippen LogP contribution in [0.2, 0.25) is 0 Å². The Morgan fingerprint density at radius 1 is 1.35 bits per heavy atom. The second kappa shape index (κ2) is 9.28. The van der Waals surface area contributed by atoms with Crippen molar-refractivity contribution in [2.75, 3.05) is 26.5 Å². The molecule has 0 unspecified atom stereocenters. The predicted molar refractivity (Wildman–Crippen MR) is 107 cm³/mol. The molecular weight excluding hydrogens is 398 g/mol. The number of benzene rings is 1. The molecule has 0 aliphatic heterocycles. The van der Waals surface area contributed by atoms with E-state index in [9.17, 15) is 4.79 Å². The molecule has 140 valence electrons. The molecule has 1 amide bonds. The van der Waals surface area contributed by atoms with E-state index in [0.717, 1.165) is 22.5 Å². The lowest BCUT2D eigenvalue weighted by atomic mass is 10.2. The van der Waals surface area contributed by atoms with Gasteiger partial charge in [0.2, 0.25) is 0 Å². The van der Waals surface area contributed by atoms with Crippen LogP contribution in [0.1, 0.15) is 11.3 Å². The van der Waals surface area contributed by atoms with Crippen LogP contribution >= 0.6 is 15.9 Å². The predicted octanol–water partition coefficient (Wildman–Crippen LogP) is 3.17. The number of carbonyl (C=O) groups is 1. The third-order valence-corrected chi connectivity index (χ3v) is 4.32. The second-order valence-corrected chi connectivity index (χ2v) is 6.75. The minimum atomic E-state index is -0.481. The van der Waals surface area contributed by atoms with E-state index in [0.29, 0.717) is 12.2 Å². The molecule has 2 N–H and O–H groups in total. The molecule has 0 spiro atoms. The Labute approximate surface area is 162 Å². The van der Waals surface area contributed by atoms with Gasteiger partial charge in [-0.2, -0.15) is 0 Å². The maximum absolute atomic E-state index is 11.2. The normalized spacial score (nSPS) is 11.2. The summed E-state index contributed by atoms with van der Waals surface area (Å²) >= 11 is 3.49. The van der Waals surface area contributed by atoms with Crippen LogP contribution in [0, 0.1) is 0 Å². The average Bonchev–Trinajstić information content (AvgIpc) is 2.93. The van der Waals surface area contributed by atoms with E-state index in [1.807, 2.05) is 44.6 Å². The number of anilines is 1. The van der Waals surface area contributed by atoms with E-state index in [2.05, 4.69) is 51.8 Å². The van der Waals surface area contributed by atoms with Crippen molar-refractivity contribution in [3.8, 4) is 0 Å². The average molecular weight is 422 g/mol. The van der Waals surface area contributed by atoms with Crippen molar-refractivity contribution in [2.45, 2.75) is 13.1 Å². The van der Waals surface area contributed by atoms with Gasteiger partial charge in [0.25, 0.3) is 0 Å². The number of nitrogens with zero attached hydrogens (tertiary/aromatic N) is 3. The topological polar surface area (TPSA) is 70.9 Å².